The van der Waals surface area contributed by atoms with Gasteiger partial charge in [0.25, 0.3) is 0 Å². The standard InChI is InChI=1S/C16H24N2S/c1-19-15-8-7-14(10-15)18-11-13-5-2-4-12-6-3-9-17-16(12)13/h2,4-5,14-15,17-18H,3,6-11H2,1H3. The van der Waals surface area contributed by atoms with Gasteiger partial charge in [0, 0.05) is 30.1 Å². The molecule has 1 aliphatic heterocycles. The Morgan fingerprint density at radius 3 is 3.16 bits per heavy atom. The number of fused-ring (bicyclic) bond motifs is 1. The van der Waals surface area contributed by atoms with Gasteiger partial charge in [0.2, 0.25) is 0 Å². The van der Waals surface area contributed by atoms with Crippen molar-refractivity contribution in [2.24, 2.45) is 0 Å². The van der Waals surface area contributed by atoms with Crippen molar-refractivity contribution in [1.82, 2.24) is 5.32 Å². The van der Waals surface area contributed by atoms with Crippen LogP contribution >= 0.6 is 11.8 Å². The van der Waals surface area contributed by atoms with Gasteiger partial charge in [-0.3, -0.25) is 0 Å². The van der Waals surface area contributed by atoms with E-state index >= 15 is 0 Å². The number of para-hydroxylation sites is 1. The van der Waals surface area contributed by atoms with E-state index in [1.807, 2.05) is 11.8 Å². The van der Waals surface area contributed by atoms with E-state index in [1.165, 1.54) is 48.9 Å². The average molecular weight is 276 g/mol. The Morgan fingerprint density at radius 2 is 2.32 bits per heavy atom. The number of benzene rings is 1. The molecule has 0 bridgehead atoms. The molecule has 0 saturated heterocycles. The summed E-state index contributed by atoms with van der Waals surface area (Å²) in [6, 6.07) is 7.47. The summed E-state index contributed by atoms with van der Waals surface area (Å²) in [4.78, 5) is 0. The van der Waals surface area contributed by atoms with Crippen LogP contribution < -0.4 is 10.6 Å². The molecule has 0 aromatic heterocycles. The van der Waals surface area contributed by atoms with Crippen molar-refractivity contribution in [3.63, 3.8) is 0 Å². The molecule has 1 aromatic carbocycles. The lowest BCUT2D eigenvalue weighted by Gasteiger charge is -2.22. The van der Waals surface area contributed by atoms with E-state index in [1.54, 1.807) is 0 Å². The van der Waals surface area contributed by atoms with Crippen LogP contribution in [0.5, 0.6) is 0 Å². The molecule has 2 unspecified atom stereocenters. The van der Waals surface area contributed by atoms with E-state index in [0.717, 1.165) is 24.4 Å². The van der Waals surface area contributed by atoms with Crippen molar-refractivity contribution < 1.29 is 0 Å². The first-order valence-corrected chi connectivity index (χ1v) is 8.76. The number of aryl methyl sites for hydroxylation is 1. The van der Waals surface area contributed by atoms with Crippen LogP contribution in [0.15, 0.2) is 18.2 Å². The first-order chi connectivity index (χ1) is 9.36. The third-order valence-corrected chi connectivity index (χ3v) is 5.56. The van der Waals surface area contributed by atoms with Gasteiger partial charge >= 0.3 is 0 Å². The van der Waals surface area contributed by atoms with Crippen LogP contribution in [0.3, 0.4) is 0 Å². The van der Waals surface area contributed by atoms with Gasteiger partial charge in [0.05, 0.1) is 0 Å². The summed E-state index contributed by atoms with van der Waals surface area (Å²) in [5, 5.41) is 8.22. The number of rotatable bonds is 4. The number of thioether (sulfide) groups is 1. The Hall–Kier alpha value is -0.670. The Labute approximate surface area is 120 Å². The maximum absolute atomic E-state index is 3.76. The molecular formula is C16H24N2S. The summed E-state index contributed by atoms with van der Waals surface area (Å²) in [5.41, 5.74) is 4.35. The third kappa shape index (κ3) is 3.09. The first kappa shape index (κ1) is 13.3. The van der Waals surface area contributed by atoms with Crippen LogP contribution in [0.2, 0.25) is 0 Å². The van der Waals surface area contributed by atoms with Gasteiger partial charge in [-0.2, -0.15) is 11.8 Å². The van der Waals surface area contributed by atoms with Gasteiger partial charge in [-0.1, -0.05) is 18.2 Å². The molecule has 3 rings (SSSR count). The zero-order valence-corrected chi connectivity index (χ0v) is 12.6. The molecule has 0 radical (unpaired) electrons. The van der Waals surface area contributed by atoms with E-state index in [4.69, 9.17) is 0 Å². The zero-order valence-electron chi connectivity index (χ0n) is 11.7. The third-order valence-electron chi connectivity index (χ3n) is 4.46. The number of anilines is 1. The van der Waals surface area contributed by atoms with Crippen LogP contribution in [0, 0.1) is 0 Å². The van der Waals surface area contributed by atoms with Crippen molar-refractivity contribution in [2.75, 3.05) is 18.1 Å². The molecular weight excluding hydrogens is 252 g/mol. The highest BCUT2D eigenvalue weighted by molar-refractivity contribution is 7.99. The fourth-order valence-electron chi connectivity index (χ4n) is 3.32. The summed E-state index contributed by atoms with van der Waals surface area (Å²) in [6.45, 7) is 2.14. The predicted molar refractivity (Wildman–Crippen MR) is 85.0 cm³/mol. The largest absolute Gasteiger partial charge is 0.385 e. The minimum atomic E-state index is 0.719. The Morgan fingerprint density at radius 1 is 1.37 bits per heavy atom. The van der Waals surface area contributed by atoms with Crippen LogP contribution in [-0.2, 0) is 13.0 Å². The number of nitrogens with one attached hydrogen (secondary N) is 2. The van der Waals surface area contributed by atoms with Gasteiger partial charge < -0.3 is 10.6 Å². The monoisotopic (exact) mass is 276 g/mol. The van der Waals surface area contributed by atoms with Crippen molar-refractivity contribution in [3.05, 3.63) is 29.3 Å². The molecule has 104 valence electrons. The summed E-state index contributed by atoms with van der Waals surface area (Å²) in [5.74, 6) is 0. The Kier molecular flexibility index (Phi) is 4.34. The van der Waals surface area contributed by atoms with E-state index in [0.29, 0.717) is 0 Å². The molecule has 1 heterocycles. The molecule has 0 amide bonds. The molecule has 2 nitrogen and oxygen atoms in total. The molecule has 2 aliphatic rings. The van der Waals surface area contributed by atoms with Crippen LogP contribution in [0.25, 0.3) is 0 Å². The van der Waals surface area contributed by atoms with E-state index in [2.05, 4.69) is 35.1 Å². The molecule has 19 heavy (non-hydrogen) atoms. The molecule has 2 atom stereocenters. The quantitative estimate of drug-likeness (QED) is 0.881. The second kappa shape index (κ2) is 6.19. The van der Waals surface area contributed by atoms with Crippen LogP contribution in [-0.4, -0.2) is 24.1 Å². The van der Waals surface area contributed by atoms with Gasteiger partial charge in [-0.05, 0) is 49.5 Å². The maximum atomic E-state index is 3.76. The summed E-state index contributed by atoms with van der Waals surface area (Å²) in [7, 11) is 0. The number of hydrogen-bond acceptors (Lipinski definition) is 3. The van der Waals surface area contributed by atoms with Crippen molar-refractivity contribution in [2.45, 2.75) is 49.9 Å². The van der Waals surface area contributed by atoms with Crippen molar-refractivity contribution in [1.29, 1.82) is 0 Å². The molecule has 3 heteroatoms. The first-order valence-electron chi connectivity index (χ1n) is 7.47. The summed E-state index contributed by atoms with van der Waals surface area (Å²) in [6.07, 6.45) is 8.79. The normalized spacial score (nSPS) is 25.9. The van der Waals surface area contributed by atoms with Gasteiger partial charge in [-0.25, -0.2) is 0 Å². The smallest absolute Gasteiger partial charge is 0.0418 e. The minimum absolute atomic E-state index is 0.719. The van der Waals surface area contributed by atoms with Crippen molar-refractivity contribution in [3.8, 4) is 0 Å². The lowest BCUT2D eigenvalue weighted by atomic mass is 9.99. The predicted octanol–water partition coefficient (Wildman–Crippen LogP) is 3.42. The highest BCUT2D eigenvalue weighted by Crippen LogP contribution is 2.29. The second-order valence-electron chi connectivity index (χ2n) is 5.73. The molecule has 2 N–H and O–H groups in total. The minimum Gasteiger partial charge on any atom is -0.385 e. The van der Waals surface area contributed by atoms with Crippen LogP contribution in [0.1, 0.15) is 36.8 Å². The number of hydrogen-bond donors (Lipinski definition) is 2. The van der Waals surface area contributed by atoms with Gasteiger partial charge in [-0.15, -0.1) is 0 Å². The second-order valence-corrected chi connectivity index (χ2v) is 6.87. The topological polar surface area (TPSA) is 24.1 Å². The zero-order chi connectivity index (χ0) is 13.1. The average Bonchev–Trinajstić information content (AvgIpc) is 2.93. The summed E-state index contributed by atoms with van der Waals surface area (Å²) < 4.78 is 0. The highest BCUT2D eigenvalue weighted by Gasteiger charge is 2.23. The molecule has 1 fully saturated rings. The van der Waals surface area contributed by atoms with Gasteiger partial charge in [0.1, 0.15) is 0 Å². The molecule has 0 spiro atoms. The Bertz CT molecular complexity index is 433. The van der Waals surface area contributed by atoms with Gasteiger partial charge in [0.15, 0.2) is 0 Å². The fourth-order valence-corrected chi connectivity index (χ4v) is 4.12. The molecule has 1 saturated carbocycles. The van der Waals surface area contributed by atoms with Crippen LogP contribution in [0.4, 0.5) is 5.69 Å². The van der Waals surface area contributed by atoms with E-state index in [9.17, 15) is 0 Å². The van der Waals surface area contributed by atoms with E-state index in [-0.39, 0.29) is 0 Å². The lowest BCUT2D eigenvalue weighted by Crippen LogP contribution is -2.27. The molecule has 1 aromatic rings. The van der Waals surface area contributed by atoms with Crippen molar-refractivity contribution >= 4 is 17.4 Å². The lowest BCUT2D eigenvalue weighted by molar-refractivity contribution is 0.525. The highest BCUT2D eigenvalue weighted by atomic mass is 32.2. The fraction of sp³-hybridized carbons (Fsp3) is 0.625. The SMILES string of the molecule is CSC1CCC(NCc2cccc3c2NCCC3)C1. The van der Waals surface area contributed by atoms with E-state index < -0.39 is 0 Å². The Balaban J connectivity index is 1.61. The molecule has 1 aliphatic carbocycles. The summed E-state index contributed by atoms with van der Waals surface area (Å²) >= 11 is 2.03. The maximum Gasteiger partial charge on any atom is 0.0418 e.